The number of hydrogen-bond acceptors (Lipinski definition) is 6. The number of hydrogen-bond donors (Lipinski definition) is 3. The fourth-order valence-corrected chi connectivity index (χ4v) is 7.92. The number of sulfone groups is 1. The van der Waals surface area contributed by atoms with Crippen LogP contribution < -0.4 is 10.0 Å². The SMILES string of the molecule is C[C@@](Cc1c[nH]c2ccccc12)(NS(=O)(=O)c1ccc(S(C)(=O)=O)cc1)C(=O)NCC1(c2ccccn2)CCCCC1. The van der Waals surface area contributed by atoms with Crippen molar-refractivity contribution in [3.63, 3.8) is 0 Å². The second-order valence-corrected chi connectivity index (χ2v) is 15.2. The number of para-hydroxylation sites is 1. The van der Waals surface area contributed by atoms with E-state index in [-0.39, 0.29) is 21.6 Å². The van der Waals surface area contributed by atoms with Crippen molar-refractivity contribution >= 4 is 36.7 Å². The zero-order valence-corrected chi connectivity index (χ0v) is 25.4. The first-order valence-corrected chi connectivity index (χ1v) is 17.4. The largest absolute Gasteiger partial charge is 0.361 e. The van der Waals surface area contributed by atoms with E-state index in [9.17, 15) is 21.6 Å². The van der Waals surface area contributed by atoms with Gasteiger partial charge in [-0.3, -0.25) is 9.78 Å². The molecular formula is C31H36N4O5S2. The van der Waals surface area contributed by atoms with Gasteiger partial charge in [-0.05, 0) is 67.8 Å². The van der Waals surface area contributed by atoms with Gasteiger partial charge in [0.2, 0.25) is 15.9 Å². The molecule has 1 aliphatic rings. The molecule has 2 aromatic carbocycles. The third-order valence-corrected chi connectivity index (χ3v) is 11.0. The molecule has 1 fully saturated rings. The third-order valence-electron chi connectivity index (χ3n) is 8.25. The smallest absolute Gasteiger partial charge is 0.241 e. The number of benzene rings is 2. The Balaban J connectivity index is 1.47. The Hall–Kier alpha value is -3.54. The van der Waals surface area contributed by atoms with Crippen LogP contribution in [-0.2, 0) is 36.5 Å². The summed E-state index contributed by atoms with van der Waals surface area (Å²) < 4.78 is 53.7. The first-order chi connectivity index (χ1) is 19.9. The molecule has 3 N–H and O–H groups in total. The molecule has 222 valence electrons. The molecule has 0 spiro atoms. The maximum absolute atomic E-state index is 14.1. The summed E-state index contributed by atoms with van der Waals surface area (Å²) in [4.78, 5) is 21.8. The summed E-state index contributed by atoms with van der Waals surface area (Å²) >= 11 is 0. The van der Waals surface area contributed by atoms with Crippen LogP contribution in [-0.4, -0.2) is 51.1 Å². The molecule has 0 aliphatic heterocycles. The van der Waals surface area contributed by atoms with E-state index in [1.54, 1.807) is 19.3 Å². The number of aromatic nitrogens is 2. The summed E-state index contributed by atoms with van der Waals surface area (Å²) in [6.45, 7) is 1.91. The number of pyridine rings is 1. The van der Waals surface area contributed by atoms with Crippen LogP contribution in [0.4, 0.5) is 0 Å². The van der Waals surface area contributed by atoms with E-state index in [2.05, 4.69) is 20.0 Å². The zero-order valence-electron chi connectivity index (χ0n) is 23.8. The van der Waals surface area contributed by atoms with Crippen LogP contribution in [0.15, 0.2) is 88.9 Å². The predicted octanol–water partition coefficient (Wildman–Crippen LogP) is 4.26. The van der Waals surface area contributed by atoms with Crippen molar-refractivity contribution in [3.8, 4) is 0 Å². The van der Waals surface area contributed by atoms with Crippen molar-refractivity contribution in [2.24, 2.45) is 0 Å². The van der Waals surface area contributed by atoms with E-state index in [0.29, 0.717) is 6.54 Å². The van der Waals surface area contributed by atoms with Gasteiger partial charge in [0.25, 0.3) is 0 Å². The van der Waals surface area contributed by atoms with Crippen molar-refractivity contribution in [2.75, 3.05) is 12.8 Å². The molecule has 42 heavy (non-hydrogen) atoms. The van der Waals surface area contributed by atoms with Gasteiger partial charge >= 0.3 is 0 Å². The minimum atomic E-state index is -4.22. The van der Waals surface area contributed by atoms with Crippen LogP contribution in [0.25, 0.3) is 10.9 Å². The summed E-state index contributed by atoms with van der Waals surface area (Å²) in [7, 11) is -7.72. The van der Waals surface area contributed by atoms with Crippen LogP contribution in [0.1, 0.15) is 50.3 Å². The minimum absolute atomic E-state index is 0.00745. The quantitative estimate of drug-likeness (QED) is 0.246. The molecule has 5 rings (SSSR count). The second-order valence-electron chi connectivity index (χ2n) is 11.5. The molecule has 0 bridgehead atoms. The normalized spacial score (nSPS) is 17.0. The summed E-state index contributed by atoms with van der Waals surface area (Å²) in [5.74, 6) is -0.454. The number of aromatic amines is 1. The van der Waals surface area contributed by atoms with Crippen LogP contribution in [0.3, 0.4) is 0 Å². The fraction of sp³-hybridized carbons (Fsp3) is 0.355. The Morgan fingerprint density at radius 3 is 2.26 bits per heavy atom. The van der Waals surface area contributed by atoms with E-state index in [0.717, 1.165) is 60.5 Å². The van der Waals surface area contributed by atoms with Crippen LogP contribution in [0.5, 0.6) is 0 Å². The van der Waals surface area contributed by atoms with Gasteiger partial charge in [-0.15, -0.1) is 0 Å². The van der Waals surface area contributed by atoms with Gasteiger partial charge in [-0.25, -0.2) is 16.8 Å². The zero-order chi connectivity index (χ0) is 30.0. The average Bonchev–Trinajstić information content (AvgIpc) is 3.38. The van der Waals surface area contributed by atoms with Crippen molar-refractivity contribution in [2.45, 2.75) is 66.2 Å². The number of rotatable bonds is 10. The summed E-state index contributed by atoms with van der Waals surface area (Å²) in [6, 6.07) is 18.4. The van der Waals surface area contributed by atoms with Crippen LogP contribution >= 0.6 is 0 Å². The van der Waals surface area contributed by atoms with Crippen molar-refractivity contribution in [1.82, 2.24) is 20.0 Å². The topological polar surface area (TPSA) is 138 Å². The molecule has 1 saturated carbocycles. The molecule has 1 atom stereocenters. The highest BCUT2D eigenvalue weighted by Gasteiger charge is 2.41. The lowest BCUT2D eigenvalue weighted by molar-refractivity contribution is -0.126. The Morgan fingerprint density at radius 1 is 0.929 bits per heavy atom. The van der Waals surface area contributed by atoms with E-state index in [4.69, 9.17) is 0 Å². The van der Waals surface area contributed by atoms with Gasteiger partial charge in [0, 0.05) is 53.6 Å². The Morgan fingerprint density at radius 2 is 1.60 bits per heavy atom. The number of nitrogens with zero attached hydrogens (tertiary/aromatic N) is 1. The van der Waals surface area contributed by atoms with Crippen molar-refractivity contribution in [1.29, 1.82) is 0 Å². The number of carbonyl (C=O) groups excluding carboxylic acids is 1. The number of sulfonamides is 1. The van der Waals surface area contributed by atoms with Gasteiger partial charge in [-0.2, -0.15) is 4.72 Å². The standard InChI is InChI=1S/C31H36N4O5S2/c1-30(20-23-21-33-27-11-5-4-10-26(23)27,35-42(39,40)25-15-13-24(14-16-25)41(2,37)38)29(36)34-22-31(17-7-3-8-18-31)28-12-6-9-19-32-28/h4-6,9-16,19,21,33,35H,3,7-8,17-18,20,22H2,1-2H3,(H,34,36)/t30-/m0/s1. The molecule has 2 heterocycles. The molecule has 0 radical (unpaired) electrons. The highest BCUT2D eigenvalue weighted by Crippen LogP contribution is 2.38. The van der Waals surface area contributed by atoms with Gasteiger partial charge < -0.3 is 10.3 Å². The molecule has 2 aromatic heterocycles. The van der Waals surface area contributed by atoms with Gasteiger partial charge in [0.05, 0.1) is 9.79 Å². The Bertz CT molecular complexity index is 1780. The monoisotopic (exact) mass is 608 g/mol. The molecule has 0 unspecified atom stereocenters. The van der Waals surface area contributed by atoms with Gasteiger partial charge in [-0.1, -0.05) is 43.5 Å². The number of carbonyl (C=O) groups is 1. The Labute approximate surface area is 247 Å². The molecule has 1 aliphatic carbocycles. The van der Waals surface area contributed by atoms with E-state index >= 15 is 0 Å². The van der Waals surface area contributed by atoms with Crippen molar-refractivity contribution in [3.05, 3.63) is 90.4 Å². The first kappa shape index (κ1) is 29.9. The van der Waals surface area contributed by atoms with Crippen molar-refractivity contribution < 1.29 is 21.6 Å². The third kappa shape index (κ3) is 6.28. The first-order valence-electron chi connectivity index (χ1n) is 14.0. The summed E-state index contributed by atoms with van der Waals surface area (Å²) in [5.41, 5.74) is 0.687. The highest BCUT2D eigenvalue weighted by atomic mass is 32.2. The van der Waals surface area contributed by atoms with Gasteiger partial charge in [0.15, 0.2) is 9.84 Å². The maximum Gasteiger partial charge on any atom is 0.241 e. The summed E-state index contributed by atoms with van der Waals surface area (Å²) in [6.07, 6.45) is 9.62. The molecular weight excluding hydrogens is 572 g/mol. The number of H-pyrrole nitrogens is 1. The average molecular weight is 609 g/mol. The van der Waals surface area contributed by atoms with E-state index in [1.165, 1.54) is 24.3 Å². The fourth-order valence-electron chi connectivity index (χ4n) is 5.92. The highest BCUT2D eigenvalue weighted by molar-refractivity contribution is 7.90. The van der Waals surface area contributed by atoms with E-state index < -0.39 is 31.3 Å². The second kappa shape index (κ2) is 11.6. The molecule has 0 saturated heterocycles. The maximum atomic E-state index is 14.1. The number of nitrogens with one attached hydrogen (secondary N) is 3. The number of amides is 1. The molecule has 1 amide bonds. The minimum Gasteiger partial charge on any atom is -0.361 e. The lowest BCUT2D eigenvalue weighted by Crippen LogP contribution is -2.59. The summed E-state index contributed by atoms with van der Waals surface area (Å²) in [5, 5.41) is 3.99. The van der Waals surface area contributed by atoms with Crippen LogP contribution in [0, 0.1) is 0 Å². The number of fused-ring (bicyclic) bond motifs is 1. The Kier molecular flexibility index (Phi) is 8.28. The van der Waals surface area contributed by atoms with Crippen LogP contribution in [0.2, 0.25) is 0 Å². The molecule has 4 aromatic rings. The molecule has 11 heteroatoms. The lowest BCUT2D eigenvalue weighted by Gasteiger charge is -2.38. The lowest BCUT2D eigenvalue weighted by atomic mass is 9.71. The predicted molar refractivity (Wildman–Crippen MR) is 162 cm³/mol. The van der Waals surface area contributed by atoms with Gasteiger partial charge in [0.1, 0.15) is 5.54 Å². The molecule has 9 nitrogen and oxygen atoms in total. The van der Waals surface area contributed by atoms with E-state index in [1.807, 2.05) is 42.5 Å².